The Labute approximate surface area is 201 Å². The van der Waals surface area contributed by atoms with Gasteiger partial charge in [0.1, 0.15) is 0 Å². The molecule has 5 nitrogen and oxygen atoms in total. The van der Waals surface area contributed by atoms with Gasteiger partial charge in [0, 0.05) is 5.54 Å². The van der Waals surface area contributed by atoms with Crippen molar-refractivity contribution in [2.45, 2.75) is 161 Å². The van der Waals surface area contributed by atoms with E-state index in [1.54, 1.807) is 0 Å². The molecule has 6 heteroatoms. The molecule has 0 aromatic rings. The fourth-order valence-electron chi connectivity index (χ4n) is 4.15. The van der Waals surface area contributed by atoms with Crippen LogP contribution in [0.25, 0.3) is 0 Å². The van der Waals surface area contributed by atoms with Gasteiger partial charge in [-0.25, -0.2) is 0 Å². The summed E-state index contributed by atoms with van der Waals surface area (Å²) in [5.41, 5.74) is 7.06. The maximum Gasteiger partial charge on any atom is 0.397 e. The Bertz CT molecular complexity index is 428. The van der Waals surface area contributed by atoms with E-state index in [0.717, 1.165) is 7.11 Å². The lowest BCUT2D eigenvalue weighted by atomic mass is 9.82. The van der Waals surface area contributed by atoms with Crippen molar-refractivity contribution in [3.63, 3.8) is 0 Å². The van der Waals surface area contributed by atoms with Gasteiger partial charge in [-0.05, 0) is 19.3 Å². The molecule has 0 aliphatic heterocycles. The van der Waals surface area contributed by atoms with E-state index in [2.05, 4.69) is 25.0 Å². The molecule has 0 spiro atoms. The predicted molar refractivity (Wildman–Crippen MR) is 139 cm³/mol. The molecule has 0 aliphatic carbocycles. The standard InChI is InChI=1S/C25H53N.CH4O4S/c1-4-7-10-13-16-19-22-25(26,23-20-17-14-11-8-5-2)24-21-18-15-12-9-6-3;1-5-6(2,3)4/h4-24,26H2,1-3H3;1H3,(H,2,3,4). The summed E-state index contributed by atoms with van der Waals surface area (Å²) in [6.45, 7) is 6.89. The fourth-order valence-corrected chi connectivity index (χ4v) is 4.15. The first kappa shape index (κ1) is 34.0. The molecule has 0 atom stereocenters. The second-order valence-corrected chi connectivity index (χ2v) is 10.7. The third kappa shape index (κ3) is 27.9. The summed E-state index contributed by atoms with van der Waals surface area (Å²) < 4.78 is 29.7. The van der Waals surface area contributed by atoms with Crippen LogP contribution in [0.5, 0.6) is 0 Å². The van der Waals surface area contributed by atoms with Crippen LogP contribution in [0.4, 0.5) is 0 Å². The lowest BCUT2D eigenvalue weighted by Crippen LogP contribution is -2.39. The van der Waals surface area contributed by atoms with Crippen LogP contribution in [0.1, 0.15) is 156 Å². The molecule has 0 saturated heterocycles. The van der Waals surface area contributed by atoms with Gasteiger partial charge in [-0.15, -0.1) is 0 Å². The van der Waals surface area contributed by atoms with Gasteiger partial charge in [0.25, 0.3) is 0 Å². The van der Waals surface area contributed by atoms with E-state index in [1.165, 1.54) is 135 Å². The van der Waals surface area contributed by atoms with E-state index in [0.29, 0.717) is 0 Å². The van der Waals surface area contributed by atoms with E-state index in [4.69, 9.17) is 10.3 Å². The van der Waals surface area contributed by atoms with Crippen LogP contribution in [0.2, 0.25) is 0 Å². The third-order valence-corrected chi connectivity index (χ3v) is 6.72. The molecule has 0 fully saturated rings. The van der Waals surface area contributed by atoms with Gasteiger partial charge in [-0.2, -0.15) is 8.42 Å². The first-order valence-electron chi connectivity index (χ1n) is 13.6. The fraction of sp³-hybridized carbons (Fsp3) is 1.00. The summed E-state index contributed by atoms with van der Waals surface area (Å²) in [6.07, 6.45) is 28.8. The normalized spacial score (nSPS) is 11.9. The molecule has 32 heavy (non-hydrogen) atoms. The van der Waals surface area contributed by atoms with Crippen molar-refractivity contribution >= 4 is 10.4 Å². The van der Waals surface area contributed by atoms with Gasteiger partial charge in [0.05, 0.1) is 7.11 Å². The highest BCUT2D eigenvalue weighted by Gasteiger charge is 2.23. The van der Waals surface area contributed by atoms with Crippen LogP contribution >= 0.6 is 0 Å². The number of rotatable bonds is 22. The zero-order valence-corrected chi connectivity index (χ0v) is 22.8. The molecule has 0 aliphatic rings. The Morgan fingerprint density at radius 2 is 0.812 bits per heavy atom. The van der Waals surface area contributed by atoms with Gasteiger partial charge in [0.15, 0.2) is 0 Å². The Morgan fingerprint density at radius 3 is 1.03 bits per heavy atom. The molecule has 0 bridgehead atoms. The molecule has 0 radical (unpaired) electrons. The highest BCUT2D eigenvalue weighted by molar-refractivity contribution is 7.80. The smallest absolute Gasteiger partial charge is 0.325 e. The first-order chi connectivity index (χ1) is 15.2. The van der Waals surface area contributed by atoms with E-state index < -0.39 is 10.4 Å². The summed E-state index contributed by atoms with van der Waals surface area (Å²) in [6, 6.07) is 0. The molecule has 0 heterocycles. The maximum atomic E-state index is 9.33. The zero-order chi connectivity index (χ0) is 24.6. The minimum Gasteiger partial charge on any atom is -0.325 e. The van der Waals surface area contributed by atoms with Crippen LogP contribution < -0.4 is 5.73 Å². The van der Waals surface area contributed by atoms with Crippen molar-refractivity contribution in [2.24, 2.45) is 5.73 Å². The third-order valence-electron chi connectivity index (χ3n) is 6.30. The first-order valence-corrected chi connectivity index (χ1v) is 14.9. The summed E-state index contributed by atoms with van der Waals surface area (Å²) >= 11 is 0. The Balaban J connectivity index is 0. The van der Waals surface area contributed by atoms with Crippen molar-refractivity contribution in [2.75, 3.05) is 7.11 Å². The Kier molecular flexibility index (Phi) is 25.5. The molecule has 0 amide bonds. The van der Waals surface area contributed by atoms with Crippen LogP contribution in [-0.4, -0.2) is 25.6 Å². The van der Waals surface area contributed by atoms with Crippen molar-refractivity contribution in [1.82, 2.24) is 0 Å². The largest absolute Gasteiger partial charge is 0.397 e. The molecule has 0 saturated carbocycles. The van der Waals surface area contributed by atoms with Crippen molar-refractivity contribution in [1.29, 1.82) is 0 Å². The van der Waals surface area contributed by atoms with Crippen LogP contribution in [-0.2, 0) is 14.6 Å². The summed E-state index contributed by atoms with van der Waals surface area (Å²) in [5.74, 6) is 0. The average Bonchev–Trinajstić information content (AvgIpc) is 2.75. The highest BCUT2D eigenvalue weighted by Crippen LogP contribution is 2.27. The highest BCUT2D eigenvalue weighted by atomic mass is 32.3. The Morgan fingerprint density at radius 1 is 0.594 bits per heavy atom. The molecular weight excluding hydrogens is 422 g/mol. The van der Waals surface area contributed by atoms with E-state index in [-0.39, 0.29) is 5.54 Å². The molecule has 196 valence electrons. The number of unbranched alkanes of at least 4 members (excludes halogenated alkanes) is 15. The van der Waals surface area contributed by atoms with Crippen LogP contribution in [0.3, 0.4) is 0 Å². The summed E-state index contributed by atoms with van der Waals surface area (Å²) in [5, 5.41) is 0. The minimum atomic E-state index is -4.16. The molecule has 0 rings (SSSR count). The number of hydrogen-bond acceptors (Lipinski definition) is 4. The second kappa shape index (κ2) is 24.0. The Hall–Kier alpha value is -0.170. The van der Waals surface area contributed by atoms with E-state index >= 15 is 0 Å². The van der Waals surface area contributed by atoms with E-state index in [1.807, 2.05) is 0 Å². The lowest BCUT2D eigenvalue weighted by Gasteiger charge is -2.30. The topological polar surface area (TPSA) is 89.6 Å². The number of nitrogens with two attached hydrogens (primary N) is 1. The van der Waals surface area contributed by atoms with Gasteiger partial charge in [-0.1, -0.05) is 136 Å². The van der Waals surface area contributed by atoms with Crippen LogP contribution in [0.15, 0.2) is 0 Å². The molecule has 0 aromatic carbocycles. The number of hydrogen-bond donors (Lipinski definition) is 2. The zero-order valence-electron chi connectivity index (χ0n) is 22.0. The van der Waals surface area contributed by atoms with Crippen molar-refractivity contribution in [3.05, 3.63) is 0 Å². The van der Waals surface area contributed by atoms with Gasteiger partial charge in [0.2, 0.25) is 0 Å². The summed E-state index contributed by atoms with van der Waals surface area (Å²) in [4.78, 5) is 0. The average molecular weight is 480 g/mol. The van der Waals surface area contributed by atoms with Gasteiger partial charge < -0.3 is 5.73 Å². The SMILES string of the molecule is CCCCCCCCC(N)(CCCCCCCC)CCCCCCCC.COS(=O)(=O)O. The molecule has 0 unspecified atom stereocenters. The lowest BCUT2D eigenvalue weighted by molar-refractivity contribution is 0.302. The second-order valence-electron chi connectivity index (χ2n) is 9.51. The maximum absolute atomic E-state index is 9.33. The van der Waals surface area contributed by atoms with Crippen LogP contribution in [0, 0.1) is 0 Å². The minimum absolute atomic E-state index is 0.139. The molecule has 3 N–H and O–H groups in total. The molecule has 0 aromatic heterocycles. The monoisotopic (exact) mass is 479 g/mol. The van der Waals surface area contributed by atoms with Gasteiger partial charge >= 0.3 is 10.4 Å². The van der Waals surface area contributed by atoms with Gasteiger partial charge in [-0.3, -0.25) is 8.74 Å². The molecular formula is C26H57NO4S. The summed E-state index contributed by atoms with van der Waals surface area (Å²) in [7, 11) is -3.29. The van der Waals surface area contributed by atoms with E-state index in [9.17, 15) is 8.42 Å². The quantitative estimate of drug-likeness (QED) is 0.120. The predicted octanol–water partition coefficient (Wildman–Crippen LogP) is 8.37. The van der Waals surface area contributed by atoms with Crippen molar-refractivity contribution < 1.29 is 17.2 Å². The van der Waals surface area contributed by atoms with Crippen molar-refractivity contribution in [3.8, 4) is 0 Å².